The smallest absolute Gasteiger partial charge is 0.223 e. The van der Waals surface area contributed by atoms with Crippen LogP contribution in [0.5, 0.6) is 5.75 Å². The largest absolute Gasteiger partial charge is 0.490 e. The number of hydrogen-bond donors (Lipinski definition) is 2. The lowest BCUT2D eigenvalue weighted by Gasteiger charge is -2.34. The van der Waals surface area contributed by atoms with Gasteiger partial charge >= 0.3 is 0 Å². The molecule has 6 nitrogen and oxygen atoms in total. The number of amides is 1. The quantitative estimate of drug-likeness (QED) is 0.262. The fourth-order valence-corrected chi connectivity index (χ4v) is 3.52. The maximum atomic E-state index is 11.8. The molecule has 0 atom stereocenters. The van der Waals surface area contributed by atoms with Crippen LogP contribution in [0.3, 0.4) is 0 Å². The van der Waals surface area contributed by atoms with E-state index in [0.29, 0.717) is 0 Å². The molecule has 1 aliphatic carbocycles. The summed E-state index contributed by atoms with van der Waals surface area (Å²) in [6.45, 7) is 3.43. The third kappa shape index (κ3) is 6.83. The summed E-state index contributed by atoms with van der Waals surface area (Å²) in [5.41, 5.74) is 0. The van der Waals surface area contributed by atoms with E-state index in [1.807, 2.05) is 37.4 Å². The molecule has 2 aliphatic rings. The third-order valence-electron chi connectivity index (χ3n) is 5.41. The van der Waals surface area contributed by atoms with Crippen molar-refractivity contribution in [3.63, 3.8) is 0 Å². The Morgan fingerprint density at radius 3 is 2.39 bits per heavy atom. The number of nitrogens with zero attached hydrogens (tertiary/aromatic N) is 2. The van der Waals surface area contributed by atoms with Crippen molar-refractivity contribution < 1.29 is 9.53 Å². The summed E-state index contributed by atoms with van der Waals surface area (Å²) in [6, 6.07) is 10.0. The first-order valence-corrected chi connectivity index (χ1v) is 10.2. The van der Waals surface area contributed by atoms with Crippen LogP contribution >= 0.6 is 24.0 Å². The molecule has 0 unspecified atom stereocenters. The van der Waals surface area contributed by atoms with Crippen molar-refractivity contribution in [1.82, 2.24) is 15.5 Å². The summed E-state index contributed by atoms with van der Waals surface area (Å²) in [5.74, 6) is 2.39. The Kier molecular flexibility index (Phi) is 9.87. The first-order valence-electron chi connectivity index (χ1n) is 10.2. The maximum Gasteiger partial charge on any atom is 0.223 e. The van der Waals surface area contributed by atoms with Crippen molar-refractivity contribution in [3.05, 3.63) is 30.3 Å². The highest BCUT2D eigenvalue weighted by molar-refractivity contribution is 14.0. The summed E-state index contributed by atoms with van der Waals surface area (Å²) in [4.78, 5) is 18.5. The molecule has 0 bridgehead atoms. The number of nitrogens with one attached hydrogen (secondary N) is 2. The van der Waals surface area contributed by atoms with Crippen molar-refractivity contribution in [2.75, 3.05) is 33.2 Å². The van der Waals surface area contributed by atoms with E-state index in [-0.39, 0.29) is 41.9 Å². The SMILES string of the molecule is CN=C(NCCCNC(=O)C1CCC1)N1CCC(Oc2ccccc2)CC1.I. The van der Waals surface area contributed by atoms with E-state index in [4.69, 9.17) is 4.74 Å². The number of ether oxygens (including phenoxy) is 1. The number of guanidine groups is 1. The van der Waals surface area contributed by atoms with Gasteiger partial charge in [0.2, 0.25) is 5.91 Å². The van der Waals surface area contributed by atoms with Gasteiger partial charge in [0, 0.05) is 52.0 Å². The minimum absolute atomic E-state index is 0. The van der Waals surface area contributed by atoms with Crippen LogP contribution in [0, 0.1) is 5.92 Å². The van der Waals surface area contributed by atoms with Gasteiger partial charge in [-0.2, -0.15) is 0 Å². The Balaban J connectivity index is 0.00000280. The van der Waals surface area contributed by atoms with Crippen LogP contribution in [-0.4, -0.2) is 56.1 Å². The standard InChI is InChI=1S/C21H32N4O2.HI/c1-22-21(24-14-6-13-23-20(26)17-7-5-8-17)25-15-11-19(12-16-25)27-18-9-3-2-4-10-18;/h2-4,9-10,17,19H,5-8,11-16H2,1H3,(H,22,24)(H,23,26);1H. The van der Waals surface area contributed by atoms with E-state index >= 15 is 0 Å². The summed E-state index contributed by atoms with van der Waals surface area (Å²) in [6.07, 6.45) is 6.47. The summed E-state index contributed by atoms with van der Waals surface area (Å²) < 4.78 is 6.06. The zero-order valence-corrected chi connectivity index (χ0v) is 19.1. The monoisotopic (exact) mass is 500 g/mol. The lowest BCUT2D eigenvalue weighted by Crippen LogP contribution is -2.48. The third-order valence-corrected chi connectivity index (χ3v) is 5.41. The normalized spacial score (nSPS) is 18.0. The Morgan fingerprint density at radius 1 is 1.11 bits per heavy atom. The number of benzene rings is 1. The minimum atomic E-state index is 0. The first kappa shape index (κ1) is 22.8. The predicted octanol–water partition coefficient (Wildman–Crippen LogP) is 3.03. The van der Waals surface area contributed by atoms with Gasteiger partial charge in [-0.05, 0) is 31.4 Å². The van der Waals surface area contributed by atoms with Gasteiger partial charge in [0.15, 0.2) is 5.96 Å². The fraction of sp³-hybridized carbons (Fsp3) is 0.619. The number of hydrogen-bond acceptors (Lipinski definition) is 3. The molecule has 0 aromatic heterocycles. The number of carbonyl (C=O) groups is 1. The van der Waals surface area contributed by atoms with E-state index < -0.39 is 0 Å². The second-order valence-electron chi connectivity index (χ2n) is 7.36. The van der Waals surface area contributed by atoms with Gasteiger partial charge in [0.05, 0.1) is 0 Å². The van der Waals surface area contributed by atoms with Crippen LogP contribution < -0.4 is 15.4 Å². The average molecular weight is 500 g/mol. The zero-order chi connectivity index (χ0) is 18.9. The topological polar surface area (TPSA) is 66.0 Å². The number of carbonyl (C=O) groups excluding carboxylic acids is 1. The Bertz CT molecular complexity index is 614. The van der Waals surface area contributed by atoms with Gasteiger partial charge in [0.25, 0.3) is 0 Å². The molecule has 1 saturated heterocycles. The number of halogens is 1. The molecule has 2 fully saturated rings. The number of piperidine rings is 1. The predicted molar refractivity (Wildman–Crippen MR) is 123 cm³/mol. The van der Waals surface area contributed by atoms with Gasteiger partial charge in [-0.3, -0.25) is 9.79 Å². The Hall–Kier alpha value is -1.51. The molecule has 156 valence electrons. The number of aliphatic imine (C=N–C) groups is 1. The van der Waals surface area contributed by atoms with Crippen LogP contribution in [0.4, 0.5) is 0 Å². The van der Waals surface area contributed by atoms with E-state index in [1.54, 1.807) is 0 Å². The molecule has 0 radical (unpaired) electrons. The van der Waals surface area contributed by atoms with Gasteiger partial charge in [-0.1, -0.05) is 24.6 Å². The summed E-state index contributed by atoms with van der Waals surface area (Å²) >= 11 is 0. The first-order chi connectivity index (χ1) is 13.3. The van der Waals surface area contributed by atoms with Gasteiger partial charge in [-0.15, -0.1) is 24.0 Å². The maximum absolute atomic E-state index is 11.8. The van der Waals surface area contributed by atoms with E-state index in [2.05, 4.69) is 20.5 Å². The highest BCUT2D eigenvalue weighted by Crippen LogP contribution is 2.26. The molecular weight excluding hydrogens is 467 g/mol. The highest BCUT2D eigenvalue weighted by atomic mass is 127. The molecule has 1 aromatic rings. The lowest BCUT2D eigenvalue weighted by molar-refractivity contribution is -0.127. The van der Waals surface area contributed by atoms with E-state index in [0.717, 1.165) is 70.0 Å². The number of likely N-dealkylation sites (tertiary alicyclic amines) is 1. The van der Waals surface area contributed by atoms with Crippen molar-refractivity contribution in [2.24, 2.45) is 10.9 Å². The molecule has 1 saturated carbocycles. The van der Waals surface area contributed by atoms with Gasteiger partial charge in [-0.25, -0.2) is 0 Å². The molecular formula is C21H33IN4O2. The molecule has 2 N–H and O–H groups in total. The van der Waals surface area contributed by atoms with Crippen molar-refractivity contribution in [1.29, 1.82) is 0 Å². The molecule has 0 spiro atoms. The molecule has 1 aromatic carbocycles. The fourth-order valence-electron chi connectivity index (χ4n) is 3.52. The zero-order valence-electron chi connectivity index (χ0n) is 16.7. The lowest BCUT2D eigenvalue weighted by atomic mass is 9.85. The molecule has 1 heterocycles. The summed E-state index contributed by atoms with van der Waals surface area (Å²) in [7, 11) is 1.83. The Morgan fingerprint density at radius 2 is 1.79 bits per heavy atom. The number of para-hydroxylation sites is 1. The molecule has 1 aliphatic heterocycles. The average Bonchev–Trinajstić information content (AvgIpc) is 2.65. The van der Waals surface area contributed by atoms with Crippen molar-refractivity contribution in [2.45, 2.75) is 44.6 Å². The molecule has 3 rings (SSSR count). The van der Waals surface area contributed by atoms with Crippen LogP contribution in [0.25, 0.3) is 0 Å². The van der Waals surface area contributed by atoms with Gasteiger partial charge < -0.3 is 20.3 Å². The van der Waals surface area contributed by atoms with Crippen LogP contribution in [0.2, 0.25) is 0 Å². The van der Waals surface area contributed by atoms with Crippen LogP contribution in [0.15, 0.2) is 35.3 Å². The van der Waals surface area contributed by atoms with Crippen molar-refractivity contribution in [3.8, 4) is 5.75 Å². The summed E-state index contributed by atoms with van der Waals surface area (Å²) in [5, 5.41) is 6.45. The van der Waals surface area contributed by atoms with E-state index in [9.17, 15) is 4.79 Å². The minimum Gasteiger partial charge on any atom is -0.490 e. The molecule has 28 heavy (non-hydrogen) atoms. The van der Waals surface area contributed by atoms with Crippen LogP contribution in [0.1, 0.15) is 38.5 Å². The second kappa shape index (κ2) is 12.1. The highest BCUT2D eigenvalue weighted by Gasteiger charge is 2.25. The van der Waals surface area contributed by atoms with Crippen LogP contribution in [-0.2, 0) is 4.79 Å². The van der Waals surface area contributed by atoms with Crippen molar-refractivity contribution >= 4 is 35.8 Å². The number of rotatable bonds is 7. The van der Waals surface area contributed by atoms with Gasteiger partial charge in [0.1, 0.15) is 11.9 Å². The second-order valence-corrected chi connectivity index (χ2v) is 7.36. The van der Waals surface area contributed by atoms with E-state index in [1.165, 1.54) is 6.42 Å². The molecule has 1 amide bonds. The Labute approximate surface area is 185 Å². The molecule has 7 heteroatoms.